The summed E-state index contributed by atoms with van der Waals surface area (Å²) in [5.41, 5.74) is 1.45. The van der Waals surface area contributed by atoms with E-state index in [1.807, 2.05) is 0 Å². The first-order valence-electron chi connectivity index (χ1n) is 11.0. The van der Waals surface area contributed by atoms with Crippen LogP contribution in [0.2, 0.25) is 0 Å². The Morgan fingerprint density at radius 1 is 0.769 bits per heavy atom. The molecule has 1 saturated carbocycles. The van der Waals surface area contributed by atoms with Crippen LogP contribution in [0.15, 0.2) is 30.3 Å². The average molecular weight is 356 g/mol. The molecule has 1 aliphatic carbocycles. The normalized spacial score (nSPS) is 30.5. The van der Waals surface area contributed by atoms with Gasteiger partial charge in [-0.1, -0.05) is 50.1 Å². The van der Waals surface area contributed by atoms with Gasteiger partial charge < -0.3 is 4.90 Å². The maximum absolute atomic E-state index is 2.83. The van der Waals surface area contributed by atoms with Crippen LogP contribution in [0.4, 0.5) is 0 Å². The molecule has 1 aromatic rings. The summed E-state index contributed by atoms with van der Waals surface area (Å²) in [6.07, 6.45) is 8.60. The van der Waals surface area contributed by atoms with Crippen molar-refractivity contribution in [1.29, 1.82) is 0 Å². The zero-order valence-electron chi connectivity index (χ0n) is 16.7. The fourth-order valence-corrected chi connectivity index (χ4v) is 5.48. The van der Waals surface area contributed by atoms with Crippen LogP contribution in [0.5, 0.6) is 0 Å². The van der Waals surface area contributed by atoms with Crippen molar-refractivity contribution in [1.82, 2.24) is 14.7 Å². The van der Waals surface area contributed by atoms with Crippen molar-refractivity contribution >= 4 is 0 Å². The Bertz CT molecular complexity index is 530. The van der Waals surface area contributed by atoms with Crippen LogP contribution in [0.3, 0.4) is 0 Å². The lowest BCUT2D eigenvalue weighted by atomic mass is 9.85. The molecule has 26 heavy (non-hydrogen) atoms. The highest BCUT2D eigenvalue weighted by atomic mass is 15.3. The van der Waals surface area contributed by atoms with Crippen LogP contribution in [0.1, 0.15) is 51.0 Å². The van der Waals surface area contributed by atoms with E-state index >= 15 is 0 Å². The van der Waals surface area contributed by atoms with Gasteiger partial charge in [0.15, 0.2) is 0 Å². The summed E-state index contributed by atoms with van der Waals surface area (Å²) in [5.74, 6) is 0.948. The van der Waals surface area contributed by atoms with Gasteiger partial charge in [-0.05, 0) is 50.3 Å². The van der Waals surface area contributed by atoms with Crippen molar-refractivity contribution in [3.05, 3.63) is 35.9 Å². The predicted molar refractivity (Wildman–Crippen MR) is 109 cm³/mol. The van der Waals surface area contributed by atoms with Gasteiger partial charge in [0.2, 0.25) is 0 Å². The molecular formula is C23H37N3. The third-order valence-corrected chi connectivity index (χ3v) is 7.10. The average Bonchev–Trinajstić information content (AvgIpc) is 2.70. The number of likely N-dealkylation sites (tertiary alicyclic amines) is 1. The molecule has 3 fully saturated rings. The molecule has 2 atom stereocenters. The molecule has 0 bridgehead atoms. The highest BCUT2D eigenvalue weighted by Crippen LogP contribution is 2.30. The summed E-state index contributed by atoms with van der Waals surface area (Å²) >= 11 is 0. The van der Waals surface area contributed by atoms with E-state index in [-0.39, 0.29) is 0 Å². The Hall–Kier alpha value is -0.900. The second kappa shape index (κ2) is 8.86. The molecule has 2 heterocycles. The van der Waals surface area contributed by atoms with Crippen molar-refractivity contribution in [2.45, 2.75) is 64.1 Å². The first-order chi connectivity index (χ1) is 12.8. The van der Waals surface area contributed by atoms with Gasteiger partial charge in [-0.15, -0.1) is 0 Å². The Kier molecular flexibility index (Phi) is 6.29. The van der Waals surface area contributed by atoms with Crippen LogP contribution in [0.25, 0.3) is 0 Å². The molecule has 0 radical (unpaired) electrons. The lowest BCUT2D eigenvalue weighted by molar-refractivity contribution is 0.0357. The molecule has 0 aromatic heterocycles. The zero-order chi connectivity index (χ0) is 17.8. The molecule has 144 valence electrons. The second-order valence-corrected chi connectivity index (χ2v) is 8.99. The summed E-state index contributed by atoms with van der Waals surface area (Å²) in [5, 5.41) is 0. The lowest BCUT2D eigenvalue weighted by Crippen LogP contribution is -2.54. The Labute approximate surface area is 160 Å². The number of rotatable bonds is 4. The fourth-order valence-electron chi connectivity index (χ4n) is 5.48. The minimum Gasteiger partial charge on any atom is -0.300 e. The van der Waals surface area contributed by atoms with Crippen LogP contribution >= 0.6 is 0 Å². The minimum atomic E-state index is 0.839. The third-order valence-electron chi connectivity index (χ3n) is 7.10. The van der Waals surface area contributed by atoms with Gasteiger partial charge >= 0.3 is 0 Å². The van der Waals surface area contributed by atoms with Crippen molar-refractivity contribution < 1.29 is 0 Å². The van der Waals surface area contributed by atoms with Crippen molar-refractivity contribution in [2.24, 2.45) is 5.92 Å². The summed E-state index contributed by atoms with van der Waals surface area (Å²) in [6, 6.07) is 12.7. The Balaban J connectivity index is 1.20. The first kappa shape index (κ1) is 18.5. The second-order valence-electron chi connectivity index (χ2n) is 8.99. The highest BCUT2D eigenvalue weighted by molar-refractivity contribution is 5.14. The van der Waals surface area contributed by atoms with Crippen molar-refractivity contribution in [2.75, 3.05) is 39.3 Å². The van der Waals surface area contributed by atoms with Gasteiger partial charge in [-0.3, -0.25) is 9.80 Å². The number of nitrogens with zero attached hydrogens (tertiary/aromatic N) is 3. The Morgan fingerprint density at radius 2 is 1.46 bits per heavy atom. The van der Waals surface area contributed by atoms with Crippen molar-refractivity contribution in [3.8, 4) is 0 Å². The van der Waals surface area contributed by atoms with Crippen LogP contribution in [-0.2, 0) is 6.54 Å². The van der Waals surface area contributed by atoms with Gasteiger partial charge in [0, 0.05) is 44.8 Å². The molecule has 0 spiro atoms. The molecule has 3 aliphatic rings. The topological polar surface area (TPSA) is 9.72 Å². The van der Waals surface area contributed by atoms with Gasteiger partial charge in [0.1, 0.15) is 0 Å². The Morgan fingerprint density at radius 3 is 2.15 bits per heavy atom. The molecule has 1 aromatic carbocycles. The third kappa shape index (κ3) is 4.68. The summed E-state index contributed by atoms with van der Waals surface area (Å²) < 4.78 is 0. The smallest absolute Gasteiger partial charge is 0.0234 e. The molecule has 2 unspecified atom stereocenters. The molecular weight excluding hydrogens is 318 g/mol. The van der Waals surface area contributed by atoms with Crippen LogP contribution in [-0.4, -0.2) is 66.1 Å². The molecule has 0 N–H and O–H groups in total. The number of benzene rings is 1. The van der Waals surface area contributed by atoms with E-state index in [0.29, 0.717) is 0 Å². The maximum Gasteiger partial charge on any atom is 0.0234 e. The van der Waals surface area contributed by atoms with Crippen LogP contribution in [0, 0.1) is 5.92 Å². The lowest BCUT2D eigenvalue weighted by Gasteiger charge is -2.45. The van der Waals surface area contributed by atoms with Gasteiger partial charge in [-0.2, -0.15) is 0 Å². The molecule has 4 rings (SSSR count). The monoisotopic (exact) mass is 355 g/mol. The van der Waals surface area contributed by atoms with E-state index in [9.17, 15) is 0 Å². The van der Waals surface area contributed by atoms with E-state index in [0.717, 1.165) is 24.5 Å². The number of hydrogen-bond donors (Lipinski definition) is 0. The number of piperidine rings is 1. The summed E-state index contributed by atoms with van der Waals surface area (Å²) in [4.78, 5) is 8.25. The van der Waals surface area contributed by atoms with E-state index in [2.05, 4.69) is 52.0 Å². The largest absolute Gasteiger partial charge is 0.300 e. The summed E-state index contributed by atoms with van der Waals surface area (Å²) in [7, 11) is 0. The van der Waals surface area contributed by atoms with Gasteiger partial charge in [0.25, 0.3) is 0 Å². The number of piperazine rings is 1. The minimum absolute atomic E-state index is 0.839. The van der Waals surface area contributed by atoms with Gasteiger partial charge in [-0.25, -0.2) is 0 Å². The van der Waals surface area contributed by atoms with E-state index in [1.54, 1.807) is 0 Å². The first-order valence-corrected chi connectivity index (χ1v) is 11.0. The van der Waals surface area contributed by atoms with Gasteiger partial charge in [0.05, 0.1) is 0 Å². The zero-order valence-corrected chi connectivity index (χ0v) is 16.7. The fraction of sp³-hybridized carbons (Fsp3) is 0.739. The molecule has 3 heteroatoms. The van der Waals surface area contributed by atoms with Crippen LogP contribution < -0.4 is 0 Å². The van der Waals surface area contributed by atoms with E-state index in [4.69, 9.17) is 0 Å². The molecule has 3 nitrogen and oxygen atoms in total. The quantitative estimate of drug-likeness (QED) is 0.812. The van der Waals surface area contributed by atoms with E-state index in [1.165, 1.54) is 83.4 Å². The SMILES string of the molecule is CC1CCCC(N2CCC(N3CCN(Cc4ccccc4)CC3)CC2)C1. The molecule has 2 aliphatic heterocycles. The highest BCUT2D eigenvalue weighted by Gasteiger charge is 2.31. The summed E-state index contributed by atoms with van der Waals surface area (Å²) in [6.45, 7) is 11.2. The van der Waals surface area contributed by atoms with Crippen molar-refractivity contribution in [3.63, 3.8) is 0 Å². The maximum atomic E-state index is 2.83. The van der Waals surface area contributed by atoms with E-state index < -0.39 is 0 Å². The standard InChI is InChI=1S/C23H37N3/c1-20-6-5-9-23(18-20)25-12-10-22(11-13-25)26-16-14-24(15-17-26)19-21-7-3-2-4-8-21/h2-4,7-8,20,22-23H,5-6,9-19H2,1H3. The molecule has 0 amide bonds. The molecule has 2 saturated heterocycles. The number of hydrogen-bond acceptors (Lipinski definition) is 3. The predicted octanol–water partition coefficient (Wildman–Crippen LogP) is 3.85.